The maximum atomic E-state index is 13.9. The molecular weight excluding hydrogens is 330 g/mol. The van der Waals surface area contributed by atoms with Gasteiger partial charge in [0.1, 0.15) is 0 Å². The number of amides is 1. The van der Waals surface area contributed by atoms with Gasteiger partial charge in [-0.1, -0.05) is 89.8 Å². The number of rotatable bonds is 11. The van der Waals surface area contributed by atoms with Crippen LogP contribution in [0.5, 0.6) is 0 Å². The molecule has 0 aliphatic rings. The van der Waals surface area contributed by atoms with E-state index in [2.05, 4.69) is 50.8 Å². The van der Waals surface area contributed by atoms with E-state index in [4.69, 9.17) is 0 Å². The average molecular weight is 368 g/mol. The van der Waals surface area contributed by atoms with E-state index in [0.717, 1.165) is 67.7 Å². The lowest BCUT2D eigenvalue weighted by atomic mass is 9.95. The van der Waals surface area contributed by atoms with Gasteiger partial charge in [0.15, 0.2) is 0 Å². The van der Waals surface area contributed by atoms with Crippen molar-refractivity contribution in [1.29, 1.82) is 0 Å². The van der Waals surface area contributed by atoms with Gasteiger partial charge in [0, 0.05) is 17.6 Å². The van der Waals surface area contributed by atoms with Crippen molar-refractivity contribution in [2.45, 2.75) is 91.1 Å². The highest BCUT2D eigenvalue weighted by Gasteiger charge is 2.30. The van der Waals surface area contributed by atoms with Crippen molar-refractivity contribution >= 4 is 16.7 Å². The molecule has 0 aliphatic heterocycles. The smallest absolute Gasteiger partial charge is 0.254 e. The van der Waals surface area contributed by atoms with Gasteiger partial charge in [0.25, 0.3) is 5.91 Å². The van der Waals surface area contributed by atoms with Crippen molar-refractivity contribution in [3.63, 3.8) is 0 Å². The zero-order valence-corrected chi connectivity index (χ0v) is 17.7. The zero-order valence-electron chi connectivity index (χ0n) is 17.7. The average Bonchev–Trinajstić information content (AvgIpc) is 2.68. The van der Waals surface area contributed by atoms with Crippen LogP contribution in [0.25, 0.3) is 10.8 Å². The molecule has 2 rings (SSSR count). The Morgan fingerprint density at radius 3 is 1.74 bits per heavy atom. The topological polar surface area (TPSA) is 20.3 Å². The number of hydrogen-bond acceptors (Lipinski definition) is 1. The molecule has 0 spiro atoms. The normalized spacial score (nSPS) is 11.5. The molecule has 0 aliphatic carbocycles. The van der Waals surface area contributed by atoms with Gasteiger partial charge in [-0.2, -0.15) is 0 Å². The van der Waals surface area contributed by atoms with E-state index in [1.165, 1.54) is 0 Å². The van der Waals surface area contributed by atoms with Gasteiger partial charge in [0.05, 0.1) is 0 Å². The quantitative estimate of drug-likeness (QED) is 0.410. The molecule has 2 nitrogen and oxygen atoms in total. The van der Waals surface area contributed by atoms with Crippen LogP contribution in [0.1, 0.15) is 89.4 Å². The summed E-state index contributed by atoms with van der Waals surface area (Å²) < 4.78 is 0. The molecule has 0 saturated carbocycles. The Kier molecular flexibility index (Phi) is 8.84. The molecule has 2 heteroatoms. The molecule has 0 atom stereocenters. The molecule has 0 aromatic heterocycles. The number of carbonyl (C=O) groups excluding carboxylic acids is 1. The molecule has 2 aromatic carbocycles. The second-order valence-electron chi connectivity index (χ2n) is 7.70. The summed E-state index contributed by atoms with van der Waals surface area (Å²) in [6, 6.07) is 15.1. The second-order valence-corrected chi connectivity index (χ2v) is 7.70. The number of hydrogen-bond donors (Lipinski definition) is 0. The molecule has 27 heavy (non-hydrogen) atoms. The largest absolute Gasteiger partial charge is 0.333 e. The lowest BCUT2D eigenvalue weighted by molar-refractivity contribution is 0.0512. The van der Waals surface area contributed by atoms with E-state index >= 15 is 0 Å². The second kappa shape index (κ2) is 11.1. The summed E-state index contributed by atoms with van der Waals surface area (Å²) in [7, 11) is 0. The zero-order chi connectivity index (χ0) is 19.6. The third-order valence-corrected chi connectivity index (χ3v) is 5.53. The van der Waals surface area contributed by atoms with E-state index in [9.17, 15) is 4.79 Å². The van der Waals surface area contributed by atoms with Crippen LogP contribution in [0.4, 0.5) is 0 Å². The molecule has 0 heterocycles. The molecule has 0 fully saturated rings. The standard InChI is InChI=1S/C25H37NO/c1-5-12-21(13-6-2)26(22(14-7-3)15-8-4)25(27)24-19-11-17-20-16-9-10-18-23(20)24/h9-11,16-19,21-22H,5-8,12-15H2,1-4H3. The number of nitrogens with zero attached hydrogens (tertiary/aromatic N) is 1. The van der Waals surface area contributed by atoms with Crippen molar-refractivity contribution in [2.75, 3.05) is 0 Å². The first kappa shape index (κ1) is 21.5. The van der Waals surface area contributed by atoms with E-state index in [1.54, 1.807) is 0 Å². The molecule has 0 radical (unpaired) electrons. The minimum absolute atomic E-state index is 0.227. The Balaban J connectivity index is 2.50. The highest BCUT2D eigenvalue weighted by atomic mass is 16.2. The predicted octanol–water partition coefficient (Wildman–Crippen LogP) is 7.22. The van der Waals surface area contributed by atoms with Gasteiger partial charge in [0.2, 0.25) is 0 Å². The summed E-state index contributed by atoms with van der Waals surface area (Å²) in [4.78, 5) is 16.1. The van der Waals surface area contributed by atoms with E-state index in [0.29, 0.717) is 12.1 Å². The molecule has 0 saturated heterocycles. The number of carbonyl (C=O) groups is 1. The summed E-state index contributed by atoms with van der Waals surface area (Å²) in [6.07, 6.45) is 8.85. The first-order valence-electron chi connectivity index (χ1n) is 11.0. The van der Waals surface area contributed by atoms with E-state index < -0.39 is 0 Å². The SMILES string of the molecule is CCCC(CCC)N(C(=O)c1cccc2ccccc12)C(CCC)CCC. The van der Waals surface area contributed by atoms with Crippen LogP contribution in [0.15, 0.2) is 42.5 Å². The highest BCUT2D eigenvalue weighted by molar-refractivity contribution is 6.07. The fraction of sp³-hybridized carbons (Fsp3) is 0.560. The number of fused-ring (bicyclic) bond motifs is 1. The first-order valence-corrected chi connectivity index (χ1v) is 11.0. The van der Waals surface area contributed by atoms with E-state index in [-0.39, 0.29) is 5.91 Å². The summed E-state index contributed by atoms with van der Waals surface area (Å²) in [5.74, 6) is 0.227. The Hall–Kier alpha value is -1.83. The van der Waals surface area contributed by atoms with Crippen LogP contribution < -0.4 is 0 Å². The van der Waals surface area contributed by atoms with Crippen molar-refractivity contribution in [2.24, 2.45) is 0 Å². The van der Waals surface area contributed by atoms with Crippen LogP contribution in [0, 0.1) is 0 Å². The van der Waals surface area contributed by atoms with Crippen LogP contribution in [-0.2, 0) is 0 Å². The van der Waals surface area contributed by atoms with Crippen LogP contribution >= 0.6 is 0 Å². The third kappa shape index (κ3) is 5.34. The number of benzene rings is 2. The van der Waals surface area contributed by atoms with Gasteiger partial charge in [-0.15, -0.1) is 0 Å². The van der Waals surface area contributed by atoms with Crippen molar-refractivity contribution < 1.29 is 4.79 Å². The van der Waals surface area contributed by atoms with Crippen molar-refractivity contribution in [1.82, 2.24) is 4.90 Å². The maximum Gasteiger partial charge on any atom is 0.254 e. The molecular formula is C25H37NO. The van der Waals surface area contributed by atoms with Gasteiger partial charge in [-0.3, -0.25) is 4.79 Å². The molecule has 148 valence electrons. The monoisotopic (exact) mass is 367 g/mol. The lowest BCUT2D eigenvalue weighted by Crippen LogP contribution is -2.47. The van der Waals surface area contributed by atoms with E-state index in [1.807, 2.05) is 24.3 Å². The Bertz CT molecular complexity index is 675. The molecule has 2 aromatic rings. The van der Waals surface area contributed by atoms with Gasteiger partial charge >= 0.3 is 0 Å². The Morgan fingerprint density at radius 1 is 0.741 bits per heavy atom. The maximum absolute atomic E-state index is 13.9. The van der Waals surface area contributed by atoms with Crippen LogP contribution in [0.3, 0.4) is 0 Å². The first-order chi connectivity index (χ1) is 13.2. The van der Waals surface area contributed by atoms with Crippen molar-refractivity contribution in [3.05, 3.63) is 48.0 Å². The summed E-state index contributed by atoms with van der Waals surface area (Å²) >= 11 is 0. The van der Waals surface area contributed by atoms with Crippen LogP contribution in [0.2, 0.25) is 0 Å². The Labute approximate surface area is 166 Å². The minimum Gasteiger partial charge on any atom is -0.333 e. The Morgan fingerprint density at radius 2 is 1.22 bits per heavy atom. The minimum atomic E-state index is 0.227. The van der Waals surface area contributed by atoms with Gasteiger partial charge < -0.3 is 4.90 Å². The fourth-order valence-corrected chi connectivity index (χ4v) is 4.36. The molecule has 0 N–H and O–H groups in total. The lowest BCUT2D eigenvalue weighted by Gasteiger charge is -2.39. The third-order valence-electron chi connectivity index (χ3n) is 5.53. The summed E-state index contributed by atoms with van der Waals surface area (Å²) in [5, 5.41) is 2.22. The van der Waals surface area contributed by atoms with Gasteiger partial charge in [-0.25, -0.2) is 0 Å². The predicted molar refractivity (Wildman–Crippen MR) is 117 cm³/mol. The summed E-state index contributed by atoms with van der Waals surface area (Å²) in [5.41, 5.74) is 0.863. The summed E-state index contributed by atoms with van der Waals surface area (Å²) in [6.45, 7) is 8.94. The van der Waals surface area contributed by atoms with Crippen LogP contribution in [-0.4, -0.2) is 22.9 Å². The van der Waals surface area contributed by atoms with Crippen molar-refractivity contribution in [3.8, 4) is 0 Å². The molecule has 0 unspecified atom stereocenters. The molecule has 0 bridgehead atoms. The highest BCUT2D eigenvalue weighted by Crippen LogP contribution is 2.27. The fourth-order valence-electron chi connectivity index (χ4n) is 4.36. The molecule has 1 amide bonds. The van der Waals surface area contributed by atoms with Gasteiger partial charge in [-0.05, 0) is 42.5 Å².